The van der Waals surface area contributed by atoms with Crippen LogP contribution >= 0.6 is 0 Å². The van der Waals surface area contributed by atoms with E-state index < -0.39 is 4.92 Å². The van der Waals surface area contributed by atoms with Crippen LogP contribution in [0.15, 0.2) is 12.1 Å². The SMILES string of the molecule is CC(C)Oc1cc([N+](=O)[O-])cc(NN)n1. The van der Waals surface area contributed by atoms with E-state index in [4.69, 9.17) is 10.6 Å². The molecule has 0 saturated heterocycles. The third-order valence-electron chi connectivity index (χ3n) is 1.50. The number of ether oxygens (including phenoxy) is 1. The molecule has 1 aromatic heterocycles. The van der Waals surface area contributed by atoms with Crippen molar-refractivity contribution >= 4 is 11.5 Å². The first-order valence-corrected chi connectivity index (χ1v) is 4.32. The standard InChI is InChI=1S/C8H12N4O3/c1-5(2)15-8-4-6(12(13)14)3-7(10-8)11-9/h3-5H,9H2,1-2H3,(H,10,11). The molecule has 15 heavy (non-hydrogen) atoms. The first-order valence-electron chi connectivity index (χ1n) is 4.32. The summed E-state index contributed by atoms with van der Waals surface area (Å²) < 4.78 is 5.24. The summed E-state index contributed by atoms with van der Waals surface area (Å²) in [6.07, 6.45) is -0.106. The Morgan fingerprint density at radius 1 is 1.60 bits per heavy atom. The molecule has 0 radical (unpaired) electrons. The van der Waals surface area contributed by atoms with Crippen molar-refractivity contribution in [3.63, 3.8) is 0 Å². The molecule has 0 spiro atoms. The van der Waals surface area contributed by atoms with Crippen molar-refractivity contribution in [2.45, 2.75) is 20.0 Å². The zero-order chi connectivity index (χ0) is 11.4. The highest BCUT2D eigenvalue weighted by Gasteiger charge is 2.12. The molecule has 0 unspecified atom stereocenters. The Hall–Kier alpha value is -1.89. The number of nitrogen functional groups attached to an aromatic ring is 1. The van der Waals surface area contributed by atoms with Crippen LogP contribution < -0.4 is 16.0 Å². The number of nitrogens with zero attached hydrogens (tertiary/aromatic N) is 2. The van der Waals surface area contributed by atoms with Gasteiger partial charge in [-0.15, -0.1) is 0 Å². The molecule has 0 fully saturated rings. The lowest BCUT2D eigenvalue weighted by Gasteiger charge is -2.09. The van der Waals surface area contributed by atoms with Crippen molar-refractivity contribution in [1.29, 1.82) is 0 Å². The van der Waals surface area contributed by atoms with Gasteiger partial charge in [0.25, 0.3) is 5.69 Å². The van der Waals surface area contributed by atoms with Crippen LogP contribution in [0.2, 0.25) is 0 Å². The molecule has 0 amide bonds. The second-order valence-corrected chi connectivity index (χ2v) is 3.12. The fraction of sp³-hybridized carbons (Fsp3) is 0.375. The summed E-state index contributed by atoms with van der Waals surface area (Å²) in [6, 6.07) is 2.48. The van der Waals surface area contributed by atoms with Gasteiger partial charge in [0.1, 0.15) is 0 Å². The molecule has 0 saturated carbocycles. The van der Waals surface area contributed by atoms with E-state index in [0.717, 1.165) is 0 Å². The molecule has 0 aliphatic carbocycles. The van der Waals surface area contributed by atoms with Gasteiger partial charge in [0, 0.05) is 0 Å². The van der Waals surface area contributed by atoms with E-state index in [1.54, 1.807) is 13.8 Å². The minimum absolute atomic E-state index is 0.106. The molecule has 82 valence electrons. The maximum atomic E-state index is 10.6. The number of aromatic nitrogens is 1. The van der Waals surface area contributed by atoms with E-state index in [0.29, 0.717) is 0 Å². The molecule has 1 aromatic rings. The van der Waals surface area contributed by atoms with Gasteiger partial charge in [0.2, 0.25) is 5.88 Å². The number of nitrogens with one attached hydrogen (secondary N) is 1. The van der Waals surface area contributed by atoms with E-state index in [1.807, 2.05) is 0 Å². The molecule has 3 N–H and O–H groups in total. The van der Waals surface area contributed by atoms with Crippen molar-refractivity contribution in [2.24, 2.45) is 5.84 Å². The fourth-order valence-electron chi connectivity index (χ4n) is 0.973. The van der Waals surface area contributed by atoms with Crippen molar-refractivity contribution in [3.05, 3.63) is 22.2 Å². The molecule has 7 nitrogen and oxygen atoms in total. The number of nitro groups is 1. The molecular weight excluding hydrogens is 200 g/mol. The average Bonchev–Trinajstić information content (AvgIpc) is 2.16. The number of hydrogen-bond acceptors (Lipinski definition) is 6. The summed E-state index contributed by atoms with van der Waals surface area (Å²) in [7, 11) is 0. The highest BCUT2D eigenvalue weighted by Crippen LogP contribution is 2.22. The van der Waals surface area contributed by atoms with E-state index in [-0.39, 0.29) is 23.5 Å². The number of hydrazine groups is 1. The van der Waals surface area contributed by atoms with Crippen LogP contribution in [0.3, 0.4) is 0 Å². The summed E-state index contributed by atoms with van der Waals surface area (Å²) in [4.78, 5) is 13.9. The van der Waals surface area contributed by atoms with Gasteiger partial charge in [-0.3, -0.25) is 10.1 Å². The Morgan fingerprint density at radius 2 is 2.27 bits per heavy atom. The van der Waals surface area contributed by atoms with Crippen molar-refractivity contribution in [1.82, 2.24) is 4.98 Å². The lowest BCUT2D eigenvalue weighted by atomic mass is 10.4. The maximum absolute atomic E-state index is 10.6. The molecule has 0 aliphatic rings. The van der Waals surface area contributed by atoms with Gasteiger partial charge < -0.3 is 10.2 Å². The monoisotopic (exact) mass is 212 g/mol. The van der Waals surface area contributed by atoms with Gasteiger partial charge >= 0.3 is 0 Å². The fourth-order valence-corrected chi connectivity index (χ4v) is 0.973. The van der Waals surface area contributed by atoms with Gasteiger partial charge in [-0.1, -0.05) is 0 Å². The lowest BCUT2D eigenvalue weighted by molar-refractivity contribution is -0.384. The zero-order valence-electron chi connectivity index (χ0n) is 8.43. The average molecular weight is 212 g/mol. The quantitative estimate of drug-likeness (QED) is 0.439. The molecule has 7 heteroatoms. The molecule has 0 bridgehead atoms. The van der Waals surface area contributed by atoms with Crippen LogP contribution in [-0.4, -0.2) is 16.0 Å². The third kappa shape index (κ3) is 3.06. The molecule has 0 atom stereocenters. The topological polar surface area (TPSA) is 103 Å². The Bertz CT molecular complexity index is 367. The molecule has 1 heterocycles. The van der Waals surface area contributed by atoms with E-state index >= 15 is 0 Å². The van der Waals surface area contributed by atoms with Crippen LogP contribution in [0.1, 0.15) is 13.8 Å². The molecule has 1 rings (SSSR count). The van der Waals surface area contributed by atoms with E-state index in [2.05, 4.69) is 10.4 Å². The van der Waals surface area contributed by atoms with Crippen LogP contribution in [0.5, 0.6) is 5.88 Å². The summed E-state index contributed by atoms with van der Waals surface area (Å²) >= 11 is 0. The number of pyridine rings is 1. The Morgan fingerprint density at radius 3 is 2.73 bits per heavy atom. The number of nitrogens with two attached hydrogens (primary N) is 1. The second kappa shape index (κ2) is 4.56. The highest BCUT2D eigenvalue weighted by molar-refractivity contribution is 5.47. The lowest BCUT2D eigenvalue weighted by Crippen LogP contribution is -2.12. The maximum Gasteiger partial charge on any atom is 0.278 e. The van der Waals surface area contributed by atoms with Crippen molar-refractivity contribution in [2.75, 3.05) is 5.43 Å². The minimum atomic E-state index is -0.532. The summed E-state index contributed by atoms with van der Waals surface area (Å²) in [5, 5.41) is 10.6. The van der Waals surface area contributed by atoms with Gasteiger partial charge in [-0.2, -0.15) is 4.98 Å². The Kier molecular flexibility index (Phi) is 3.40. The van der Waals surface area contributed by atoms with Gasteiger partial charge in [0.05, 0.1) is 23.2 Å². The van der Waals surface area contributed by atoms with E-state index in [9.17, 15) is 10.1 Å². The van der Waals surface area contributed by atoms with Crippen LogP contribution in [0, 0.1) is 10.1 Å². The van der Waals surface area contributed by atoms with Crippen LogP contribution in [0.4, 0.5) is 11.5 Å². The zero-order valence-corrected chi connectivity index (χ0v) is 8.43. The third-order valence-corrected chi connectivity index (χ3v) is 1.50. The molecule has 0 aromatic carbocycles. The van der Waals surface area contributed by atoms with Gasteiger partial charge in [-0.25, -0.2) is 5.84 Å². The normalized spacial score (nSPS) is 10.1. The van der Waals surface area contributed by atoms with E-state index in [1.165, 1.54) is 12.1 Å². The number of anilines is 1. The Balaban J connectivity index is 3.05. The first-order chi connectivity index (χ1) is 7.02. The van der Waals surface area contributed by atoms with Gasteiger partial charge in [-0.05, 0) is 13.8 Å². The van der Waals surface area contributed by atoms with Crippen molar-refractivity contribution < 1.29 is 9.66 Å². The Labute approximate surface area is 86.4 Å². The van der Waals surface area contributed by atoms with Crippen LogP contribution in [-0.2, 0) is 0 Å². The summed E-state index contributed by atoms with van der Waals surface area (Å²) in [5.41, 5.74) is 2.12. The second-order valence-electron chi connectivity index (χ2n) is 3.12. The predicted octanol–water partition coefficient (Wildman–Crippen LogP) is 1.06. The van der Waals surface area contributed by atoms with Crippen molar-refractivity contribution in [3.8, 4) is 5.88 Å². The number of hydrogen-bond donors (Lipinski definition) is 2. The minimum Gasteiger partial charge on any atom is -0.475 e. The summed E-state index contributed by atoms with van der Waals surface area (Å²) in [5.74, 6) is 5.50. The highest BCUT2D eigenvalue weighted by atomic mass is 16.6. The smallest absolute Gasteiger partial charge is 0.278 e. The molecule has 0 aliphatic heterocycles. The largest absolute Gasteiger partial charge is 0.475 e. The van der Waals surface area contributed by atoms with Crippen LogP contribution in [0.25, 0.3) is 0 Å². The first kappa shape index (κ1) is 11.2. The summed E-state index contributed by atoms with van der Waals surface area (Å²) in [6.45, 7) is 3.60. The number of rotatable bonds is 4. The molecular formula is C8H12N4O3. The van der Waals surface area contributed by atoms with Gasteiger partial charge in [0.15, 0.2) is 5.82 Å². The predicted molar refractivity (Wildman–Crippen MR) is 54.5 cm³/mol.